The SMILES string of the molecule is CC(=O)c1[nH]cc(C(=O)O)c1C(=O)O. The smallest absolute Gasteiger partial charge is 0.338 e. The van der Waals surface area contributed by atoms with Gasteiger partial charge in [-0.1, -0.05) is 0 Å². The van der Waals surface area contributed by atoms with E-state index in [0.717, 1.165) is 13.1 Å². The van der Waals surface area contributed by atoms with Gasteiger partial charge in [-0.15, -0.1) is 0 Å². The molecule has 0 radical (unpaired) electrons. The number of carbonyl (C=O) groups excluding carboxylic acids is 1. The summed E-state index contributed by atoms with van der Waals surface area (Å²) in [6.07, 6.45) is 0.989. The number of aromatic nitrogens is 1. The number of hydrogen-bond donors (Lipinski definition) is 3. The van der Waals surface area contributed by atoms with Crippen molar-refractivity contribution in [2.45, 2.75) is 6.92 Å². The molecule has 0 spiro atoms. The molecule has 0 amide bonds. The summed E-state index contributed by atoms with van der Waals surface area (Å²) in [5.74, 6) is -3.34. The normalized spacial score (nSPS) is 9.79. The molecule has 1 aromatic rings. The first-order valence-electron chi connectivity index (χ1n) is 3.64. The number of carboxylic acid groups (broad SMARTS) is 2. The molecule has 6 heteroatoms. The van der Waals surface area contributed by atoms with Crippen LogP contribution >= 0.6 is 0 Å². The van der Waals surface area contributed by atoms with Gasteiger partial charge >= 0.3 is 11.9 Å². The van der Waals surface area contributed by atoms with Crippen molar-refractivity contribution in [1.82, 2.24) is 4.98 Å². The molecule has 0 atom stereocenters. The Labute approximate surface area is 78.2 Å². The zero-order valence-corrected chi connectivity index (χ0v) is 7.20. The number of nitrogens with one attached hydrogen (secondary N) is 1. The average Bonchev–Trinajstić information content (AvgIpc) is 2.46. The second-order valence-corrected chi connectivity index (χ2v) is 2.62. The first-order valence-corrected chi connectivity index (χ1v) is 3.64. The topological polar surface area (TPSA) is 107 Å². The number of aromatic carboxylic acids is 2. The second-order valence-electron chi connectivity index (χ2n) is 2.62. The van der Waals surface area contributed by atoms with Crippen LogP contribution < -0.4 is 0 Å². The summed E-state index contributed by atoms with van der Waals surface area (Å²) in [5, 5.41) is 17.3. The van der Waals surface area contributed by atoms with E-state index in [9.17, 15) is 14.4 Å². The number of aromatic amines is 1. The third kappa shape index (κ3) is 1.49. The van der Waals surface area contributed by atoms with Gasteiger partial charge in [0.1, 0.15) is 5.56 Å². The molecular formula is C8H7NO5. The van der Waals surface area contributed by atoms with Crippen LogP contribution in [-0.4, -0.2) is 32.9 Å². The minimum atomic E-state index is -1.44. The Balaban J connectivity index is 3.42. The predicted molar refractivity (Wildman–Crippen MR) is 44.7 cm³/mol. The monoisotopic (exact) mass is 197 g/mol. The Morgan fingerprint density at radius 1 is 1.21 bits per heavy atom. The van der Waals surface area contributed by atoms with Gasteiger partial charge in [-0.05, 0) is 0 Å². The van der Waals surface area contributed by atoms with Crippen LogP contribution in [0.2, 0.25) is 0 Å². The van der Waals surface area contributed by atoms with E-state index < -0.39 is 28.8 Å². The molecule has 0 saturated heterocycles. The molecule has 3 N–H and O–H groups in total. The zero-order valence-electron chi connectivity index (χ0n) is 7.20. The Hall–Kier alpha value is -2.11. The molecule has 0 unspecified atom stereocenters. The van der Waals surface area contributed by atoms with E-state index in [4.69, 9.17) is 10.2 Å². The third-order valence-electron chi connectivity index (χ3n) is 1.68. The Morgan fingerprint density at radius 2 is 1.79 bits per heavy atom. The van der Waals surface area contributed by atoms with Gasteiger partial charge in [0.2, 0.25) is 0 Å². The highest BCUT2D eigenvalue weighted by atomic mass is 16.4. The molecule has 0 bridgehead atoms. The molecular weight excluding hydrogens is 190 g/mol. The van der Waals surface area contributed by atoms with Crippen LogP contribution in [0.4, 0.5) is 0 Å². The fourth-order valence-electron chi connectivity index (χ4n) is 1.09. The molecule has 0 fully saturated rings. The largest absolute Gasteiger partial charge is 0.478 e. The number of ketones is 1. The fraction of sp³-hybridized carbons (Fsp3) is 0.125. The number of carbonyl (C=O) groups is 3. The van der Waals surface area contributed by atoms with E-state index in [0.29, 0.717) is 0 Å². The Morgan fingerprint density at radius 3 is 2.14 bits per heavy atom. The lowest BCUT2D eigenvalue weighted by Crippen LogP contribution is -2.09. The van der Waals surface area contributed by atoms with Gasteiger partial charge in [0.25, 0.3) is 0 Å². The summed E-state index contributed by atoms with van der Waals surface area (Å²) in [6.45, 7) is 1.16. The molecule has 0 aliphatic carbocycles. The van der Waals surface area contributed by atoms with Gasteiger partial charge in [0, 0.05) is 13.1 Å². The average molecular weight is 197 g/mol. The third-order valence-corrected chi connectivity index (χ3v) is 1.68. The maximum atomic E-state index is 10.9. The van der Waals surface area contributed by atoms with Crippen LogP contribution in [0.3, 0.4) is 0 Å². The molecule has 6 nitrogen and oxygen atoms in total. The molecule has 14 heavy (non-hydrogen) atoms. The highest BCUT2D eigenvalue weighted by Crippen LogP contribution is 2.14. The summed E-state index contributed by atoms with van der Waals surface area (Å²) in [5.41, 5.74) is -1.11. The lowest BCUT2D eigenvalue weighted by atomic mass is 10.1. The number of rotatable bonds is 3. The predicted octanol–water partition coefficient (Wildman–Crippen LogP) is 0.614. The molecule has 1 heterocycles. The molecule has 1 aromatic heterocycles. The van der Waals surface area contributed by atoms with Crippen molar-refractivity contribution in [1.29, 1.82) is 0 Å². The van der Waals surface area contributed by atoms with Gasteiger partial charge < -0.3 is 15.2 Å². The summed E-state index contributed by atoms with van der Waals surface area (Å²) < 4.78 is 0. The molecule has 74 valence electrons. The van der Waals surface area contributed by atoms with Crippen molar-refractivity contribution < 1.29 is 24.6 Å². The van der Waals surface area contributed by atoms with Crippen LogP contribution in [0.5, 0.6) is 0 Å². The minimum Gasteiger partial charge on any atom is -0.478 e. The van der Waals surface area contributed by atoms with Gasteiger partial charge in [0.15, 0.2) is 5.78 Å². The highest BCUT2D eigenvalue weighted by Gasteiger charge is 2.24. The molecule has 1 rings (SSSR count). The lowest BCUT2D eigenvalue weighted by molar-refractivity contribution is 0.0651. The van der Waals surface area contributed by atoms with Crippen LogP contribution in [0.25, 0.3) is 0 Å². The lowest BCUT2D eigenvalue weighted by Gasteiger charge is -1.95. The van der Waals surface area contributed by atoms with E-state index in [-0.39, 0.29) is 5.69 Å². The van der Waals surface area contributed by atoms with Crippen molar-refractivity contribution in [2.75, 3.05) is 0 Å². The van der Waals surface area contributed by atoms with Gasteiger partial charge in [-0.2, -0.15) is 0 Å². The molecule has 0 saturated carbocycles. The number of H-pyrrole nitrogens is 1. The minimum absolute atomic E-state index is 0.199. The molecule has 0 aliphatic heterocycles. The van der Waals surface area contributed by atoms with Crippen molar-refractivity contribution in [2.24, 2.45) is 0 Å². The van der Waals surface area contributed by atoms with Crippen molar-refractivity contribution in [3.8, 4) is 0 Å². The molecule has 0 aliphatic rings. The van der Waals surface area contributed by atoms with E-state index in [1.54, 1.807) is 0 Å². The van der Waals surface area contributed by atoms with Gasteiger partial charge in [-0.25, -0.2) is 9.59 Å². The van der Waals surface area contributed by atoms with E-state index in [2.05, 4.69) is 4.98 Å². The molecule has 0 aromatic carbocycles. The number of Topliss-reactive ketones (excluding diaryl/α,β-unsaturated/α-hetero) is 1. The van der Waals surface area contributed by atoms with Crippen LogP contribution in [0.1, 0.15) is 38.1 Å². The van der Waals surface area contributed by atoms with E-state index >= 15 is 0 Å². The zero-order chi connectivity index (χ0) is 10.9. The highest BCUT2D eigenvalue weighted by molar-refractivity contribution is 6.10. The van der Waals surface area contributed by atoms with E-state index in [1.165, 1.54) is 0 Å². The summed E-state index contributed by atoms with van der Waals surface area (Å²) in [7, 11) is 0. The van der Waals surface area contributed by atoms with Crippen LogP contribution in [-0.2, 0) is 0 Å². The maximum Gasteiger partial charge on any atom is 0.338 e. The van der Waals surface area contributed by atoms with Crippen LogP contribution in [0.15, 0.2) is 6.20 Å². The fourth-order valence-corrected chi connectivity index (χ4v) is 1.09. The van der Waals surface area contributed by atoms with Crippen LogP contribution in [0, 0.1) is 0 Å². The number of hydrogen-bond acceptors (Lipinski definition) is 3. The Kier molecular flexibility index (Phi) is 2.37. The maximum absolute atomic E-state index is 10.9. The quantitative estimate of drug-likeness (QED) is 0.615. The first kappa shape index (κ1) is 9.97. The summed E-state index contributed by atoms with van der Waals surface area (Å²) in [4.78, 5) is 34.5. The van der Waals surface area contributed by atoms with Crippen molar-refractivity contribution in [3.63, 3.8) is 0 Å². The number of carboxylic acids is 2. The van der Waals surface area contributed by atoms with E-state index in [1.807, 2.05) is 0 Å². The van der Waals surface area contributed by atoms with Crippen molar-refractivity contribution in [3.05, 3.63) is 23.0 Å². The second kappa shape index (κ2) is 3.33. The van der Waals surface area contributed by atoms with Crippen molar-refractivity contribution >= 4 is 17.7 Å². The standard InChI is InChI=1S/C8H7NO5/c1-3(10)6-5(8(13)14)4(2-9-6)7(11)12/h2,9H,1H3,(H,11,12)(H,13,14). The summed E-state index contributed by atoms with van der Waals surface area (Å²) in [6, 6.07) is 0. The summed E-state index contributed by atoms with van der Waals surface area (Å²) >= 11 is 0. The first-order chi connectivity index (χ1) is 6.45. The van der Waals surface area contributed by atoms with Gasteiger partial charge in [0.05, 0.1) is 11.3 Å². The van der Waals surface area contributed by atoms with Gasteiger partial charge in [-0.3, -0.25) is 4.79 Å². The Bertz CT molecular complexity index is 386.